The molecular formula is C17H20N2. The highest BCUT2D eigenvalue weighted by molar-refractivity contribution is 5.28. The van der Waals surface area contributed by atoms with Crippen LogP contribution in [0.1, 0.15) is 30.1 Å². The zero-order valence-corrected chi connectivity index (χ0v) is 11.2. The summed E-state index contributed by atoms with van der Waals surface area (Å²) >= 11 is 0. The van der Waals surface area contributed by atoms with Gasteiger partial charge in [-0.2, -0.15) is 0 Å². The monoisotopic (exact) mass is 252 g/mol. The molecule has 3 atom stereocenters. The molecule has 0 radical (unpaired) electrons. The molecule has 3 rings (SSSR count). The van der Waals surface area contributed by atoms with Crippen molar-refractivity contribution >= 4 is 0 Å². The van der Waals surface area contributed by atoms with Crippen LogP contribution >= 0.6 is 0 Å². The third kappa shape index (κ3) is 2.70. The SMILES string of the molecule is C[C@H]1CN[C@H](c2ccccc2)[C@@H](c2ccccc2)N1. The van der Waals surface area contributed by atoms with Crippen LogP contribution < -0.4 is 10.6 Å². The average molecular weight is 252 g/mol. The van der Waals surface area contributed by atoms with E-state index < -0.39 is 0 Å². The van der Waals surface area contributed by atoms with Crippen molar-refractivity contribution in [3.63, 3.8) is 0 Å². The van der Waals surface area contributed by atoms with E-state index in [4.69, 9.17) is 0 Å². The van der Waals surface area contributed by atoms with Gasteiger partial charge in [-0.15, -0.1) is 0 Å². The standard InChI is InChI=1S/C17H20N2/c1-13-12-18-16(14-8-4-2-5-9-14)17(19-13)15-10-6-3-7-11-15/h2-11,13,16-19H,12H2,1H3/t13-,16+,17+/m0/s1. The van der Waals surface area contributed by atoms with Gasteiger partial charge in [-0.05, 0) is 18.1 Å². The summed E-state index contributed by atoms with van der Waals surface area (Å²) in [5, 5.41) is 7.39. The number of hydrogen-bond donors (Lipinski definition) is 2. The first-order valence-electron chi connectivity index (χ1n) is 6.94. The Labute approximate surface area is 114 Å². The third-order valence-corrected chi connectivity index (χ3v) is 3.76. The molecule has 1 aliphatic heterocycles. The maximum absolute atomic E-state index is 3.72. The summed E-state index contributed by atoms with van der Waals surface area (Å²) in [6, 6.07) is 22.5. The summed E-state index contributed by atoms with van der Waals surface area (Å²) in [4.78, 5) is 0. The highest BCUT2D eigenvalue weighted by Gasteiger charge is 2.29. The lowest BCUT2D eigenvalue weighted by molar-refractivity contribution is 0.283. The molecule has 19 heavy (non-hydrogen) atoms. The molecule has 2 N–H and O–H groups in total. The molecule has 1 saturated heterocycles. The van der Waals surface area contributed by atoms with Gasteiger partial charge in [0.15, 0.2) is 0 Å². The van der Waals surface area contributed by atoms with E-state index in [2.05, 4.69) is 78.2 Å². The minimum Gasteiger partial charge on any atom is -0.307 e. The first-order valence-corrected chi connectivity index (χ1v) is 6.94. The summed E-state index contributed by atoms with van der Waals surface area (Å²) < 4.78 is 0. The van der Waals surface area contributed by atoms with E-state index in [0.29, 0.717) is 18.1 Å². The van der Waals surface area contributed by atoms with Crippen LogP contribution in [0.3, 0.4) is 0 Å². The molecule has 0 bridgehead atoms. The van der Waals surface area contributed by atoms with Crippen molar-refractivity contribution in [1.29, 1.82) is 0 Å². The largest absolute Gasteiger partial charge is 0.307 e. The lowest BCUT2D eigenvalue weighted by atomic mass is 9.90. The Morgan fingerprint density at radius 2 is 1.32 bits per heavy atom. The Bertz CT molecular complexity index is 509. The maximum atomic E-state index is 3.72. The second-order valence-corrected chi connectivity index (χ2v) is 5.25. The summed E-state index contributed by atoms with van der Waals surface area (Å²) in [5.74, 6) is 0. The minimum atomic E-state index is 0.326. The van der Waals surface area contributed by atoms with Gasteiger partial charge in [0.2, 0.25) is 0 Å². The molecule has 0 amide bonds. The van der Waals surface area contributed by atoms with Gasteiger partial charge in [0.1, 0.15) is 0 Å². The topological polar surface area (TPSA) is 24.1 Å². The van der Waals surface area contributed by atoms with Crippen LogP contribution in [0, 0.1) is 0 Å². The van der Waals surface area contributed by atoms with Crippen molar-refractivity contribution in [2.45, 2.75) is 25.0 Å². The second-order valence-electron chi connectivity index (χ2n) is 5.25. The maximum Gasteiger partial charge on any atom is 0.0520 e. The molecule has 1 aliphatic rings. The van der Waals surface area contributed by atoms with Crippen molar-refractivity contribution in [1.82, 2.24) is 10.6 Å². The zero-order chi connectivity index (χ0) is 13.1. The molecule has 2 aromatic rings. The van der Waals surface area contributed by atoms with Gasteiger partial charge in [-0.25, -0.2) is 0 Å². The summed E-state index contributed by atoms with van der Waals surface area (Å²) in [6.07, 6.45) is 0. The highest BCUT2D eigenvalue weighted by atomic mass is 15.1. The highest BCUT2D eigenvalue weighted by Crippen LogP contribution is 2.31. The Balaban J connectivity index is 1.93. The van der Waals surface area contributed by atoms with Crippen molar-refractivity contribution in [3.8, 4) is 0 Å². The fraction of sp³-hybridized carbons (Fsp3) is 0.294. The first-order chi connectivity index (χ1) is 9.34. The van der Waals surface area contributed by atoms with Crippen LogP contribution in [-0.2, 0) is 0 Å². The van der Waals surface area contributed by atoms with Crippen LogP contribution in [-0.4, -0.2) is 12.6 Å². The number of nitrogens with one attached hydrogen (secondary N) is 2. The number of piperazine rings is 1. The Hall–Kier alpha value is -1.64. The van der Waals surface area contributed by atoms with E-state index in [1.165, 1.54) is 11.1 Å². The molecular weight excluding hydrogens is 232 g/mol. The molecule has 2 aromatic carbocycles. The molecule has 1 heterocycles. The van der Waals surface area contributed by atoms with Crippen molar-refractivity contribution in [2.75, 3.05) is 6.54 Å². The Kier molecular flexibility index (Phi) is 3.62. The molecule has 2 heteroatoms. The number of rotatable bonds is 2. The van der Waals surface area contributed by atoms with Crippen molar-refractivity contribution in [2.24, 2.45) is 0 Å². The van der Waals surface area contributed by atoms with Crippen molar-refractivity contribution < 1.29 is 0 Å². The molecule has 0 spiro atoms. The molecule has 0 unspecified atom stereocenters. The van der Waals surface area contributed by atoms with Crippen molar-refractivity contribution in [3.05, 3.63) is 71.8 Å². The third-order valence-electron chi connectivity index (χ3n) is 3.76. The van der Waals surface area contributed by atoms with Gasteiger partial charge in [-0.1, -0.05) is 60.7 Å². The van der Waals surface area contributed by atoms with Gasteiger partial charge >= 0.3 is 0 Å². The van der Waals surface area contributed by atoms with E-state index >= 15 is 0 Å². The van der Waals surface area contributed by atoms with Gasteiger partial charge in [0, 0.05) is 12.6 Å². The normalized spacial score (nSPS) is 27.1. The van der Waals surface area contributed by atoms with Gasteiger partial charge in [0.05, 0.1) is 12.1 Å². The lowest BCUT2D eigenvalue weighted by Crippen LogP contribution is -2.50. The van der Waals surface area contributed by atoms with Gasteiger partial charge in [-0.3, -0.25) is 0 Å². The summed E-state index contributed by atoms with van der Waals surface area (Å²) in [5.41, 5.74) is 2.69. The van der Waals surface area contributed by atoms with Gasteiger partial charge in [0.25, 0.3) is 0 Å². The number of hydrogen-bond acceptors (Lipinski definition) is 2. The van der Waals surface area contributed by atoms with Crippen LogP contribution in [0.2, 0.25) is 0 Å². The summed E-state index contributed by atoms with van der Waals surface area (Å²) in [7, 11) is 0. The van der Waals surface area contributed by atoms with E-state index in [-0.39, 0.29) is 0 Å². The molecule has 0 aliphatic carbocycles. The smallest absolute Gasteiger partial charge is 0.0520 e. The Morgan fingerprint density at radius 3 is 1.89 bits per heavy atom. The van der Waals surface area contributed by atoms with E-state index in [1.807, 2.05) is 0 Å². The lowest BCUT2D eigenvalue weighted by Gasteiger charge is -2.38. The quantitative estimate of drug-likeness (QED) is 0.858. The second kappa shape index (κ2) is 5.55. The minimum absolute atomic E-state index is 0.326. The fourth-order valence-corrected chi connectivity index (χ4v) is 2.80. The van der Waals surface area contributed by atoms with Crippen LogP contribution in [0.15, 0.2) is 60.7 Å². The van der Waals surface area contributed by atoms with E-state index in [1.54, 1.807) is 0 Å². The van der Waals surface area contributed by atoms with E-state index in [0.717, 1.165) is 6.54 Å². The van der Waals surface area contributed by atoms with Crippen LogP contribution in [0.4, 0.5) is 0 Å². The molecule has 1 fully saturated rings. The fourth-order valence-electron chi connectivity index (χ4n) is 2.80. The average Bonchev–Trinajstić information content (AvgIpc) is 2.49. The predicted molar refractivity (Wildman–Crippen MR) is 79.0 cm³/mol. The van der Waals surface area contributed by atoms with E-state index in [9.17, 15) is 0 Å². The summed E-state index contributed by atoms with van der Waals surface area (Å²) in [6.45, 7) is 3.23. The molecule has 0 saturated carbocycles. The molecule has 2 nitrogen and oxygen atoms in total. The van der Waals surface area contributed by atoms with Crippen LogP contribution in [0.25, 0.3) is 0 Å². The van der Waals surface area contributed by atoms with Crippen LogP contribution in [0.5, 0.6) is 0 Å². The first kappa shape index (κ1) is 12.4. The predicted octanol–water partition coefficient (Wildman–Crippen LogP) is 3.05. The number of benzene rings is 2. The van der Waals surface area contributed by atoms with Gasteiger partial charge < -0.3 is 10.6 Å². The molecule has 0 aromatic heterocycles. The molecule has 98 valence electrons. The Morgan fingerprint density at radius 1 is 0.789 bits per heavy atom. The zero-order valence-electron chi connectivity index (χ0n) is 11.2.